The molecule has 1 aromatic carbocycles. The third-order valence-corrected chi connectivity index (χ3v) is 2.77. The molecule has 0 saturated heterocycles. The number of aromatic carboxylic acids is 1. The van der Waals surface area contributed by atoms with Crippen molar-refractivity contribution in [3.05, 3.63) is 35.4 Å². The van der Waals surface area contributed by atoms with E-state index < -0.39 is 5.97 Å². The summed E-state index contributed by atoms with van der Waals surface area (Å²) < 4.78 is 10.2. The summed E-state index contributed by atoms with van der Waals surface area (Å²) in [7, 11) is -0.0312. The van der Waals surface area contributed by atoms with Crippen molar-refractivity contribution in [2.24, 2.45) is 0 Å². The van der Waals surface area contributed by atoms with Gasteiger partial charge in [-0.1, -0.05) is 29.6 Å². The van der Waals surface area contributed by atoms with E-state index in [9.17, 15) is 9.36 Å². The number of hydrogen-bond donors (Lipinski definition) is 1. The van der Waals surface area contributed by atoms with Crippen LogP contribution < -0.4 is 0 Å². The van der Waals surface area contributed by atoms with Crippen LogP contribution in [0, 0.1) is 0 Å². The maximum atomic E-state index is 10.7. The molecule has 0 radical (unpaired) electrons. The quantitative estimate of drug-likeness (QED) is 0.783. The molecule has 0 spiro atoms. The molecular formula is C8H7O3PS. The predicted molar refractivity (Wildman–Crippen MR) is 52.3 cm³/mol. The molecule has 0 heterocycles. The minimum atomic E-state index is -0.946. The average molecular weight is 214 g/mol. The van der Waals surface area contributed by atoms with Gasteiger partial charge in [0.25, 0.3) is 0 Å². The third kappa shape index (κ3) is 2.83. The second-order valence-corrected chi connectivity index (χ2v) is 4.23. The highest BCUT2D eigenvalue weighted by Gasteiger charge is 2.07. The van der Waals surface area contributed by atoms with Gasteiger partial charge < -0.3 is 5.11 Å². The molecule has 68 valence electrons. The molecule has 0 aliphatic heterocycles. The molecular weight excluding hydrogens is 207 g/mol. The summed E-state index contributed by atoms with van der Waals surface area (Å²) in [6.07, 6.45) is 0. The van der Waals surface area contributed by atoms with Gasteiger partial charge in [0.05, 0.1) is 5.56 Å². The molecule has 0 atom stereocenters. The van der Waals surface area contributed by atoms with Crippen LogP contribution in [0.1, 0.15) is 15.9 Å². The van der Waals surface area contributed by atoms with Crippen LogP contribution in [-0.4, -0.2) is 11.1 Å². The Kier molecular flexibility index (Phi) is 3.93. The van der Waals surface area contributed by atoms with Gasteiger partial charge in [-0.2, -0.15) is 0 Å². The Morgan fingerprint density at radius 3 is 2.77 bits per heavy atom. The van der Waals surface area contributed by atoms with Crippen molar-refractivity contribution in [3.63, 3.8) is 0 Å². The van der Waals surface area contributed by atoms with Crippen LogP contribution in [0.3, 0.4) is 0 Å². The number of benzene rings is 1. The van der Waals surface area contributed by atoms with Crippen LogP contribution in [-0.2, 0) is 10.3 Å². The summed E-state index contributed by atoms with van der Waals surface area (Å²) in [5.41, 5.74) is 0.974. The first kappa shape index (κ1) is 10.2. The van der Waals surface area contributed by atoms with Crippen molar-refractivity contribution in [2.75, 3.05) is 0 Å². The molecule has 1 N–H and O–H groups in total. The smallest absolute Gasteiger partial charge is 0.335 e. The van der Waals surface area contributed by atoms with Crippen LogP contribution in [0.2, 0.25) is 0 Å². The molecule has 0 unspecified atom stereocenters. The summed E-state index contributed by atoms with van der Waals surface area (Å²) in [4.78, 5) is 10.7. The highest BCUT2D eigenvalue weighted by Crippen LogP contribution is 2.24. The lowest BCUT2D eigenvalue weighted by Gasteiger charge is -2.01. The molecule has 3 nitrogen and oxygen atoms in total. The van der Waals surface area contributed by atoms with E-state index in [0.717, 1.165) is 11.4 Å². The van der Waals surface area contributed by atoms with E-state index >= 15 is 0 Å². The lowest BCUT2D eigenvalue weighted by atomic mass is 10.1. The number of rotatable bonds is 4. The van der Waals surface area contributed by atoms with Crippen molar-refractivity contribution in [3.8, 4) is 0 Å². The lowest BCUT2D eigenvalue weighted by Crippen LogP contribution is -2.00. The van der Waals surface area contributed by atoms with E-state index in [1.807, 2.05) is 0 Å². The van der Waals surface area contributed by atoms with Crippen molar-refractivity contribution in [1.29, 1.82) is 0 Å². The van der Waals surface area contributed by atoms with Crippen molar-refractivity contribution < 1.29 is 14.5 Å². The van der Waals surface area contributed by atoms with Crippen LogP contribution in [0.25, 0.3) is 0 Å². The second-order valence-electron chi connectivity index (χ2n) is 2.31. The summed E-state index contributed by atoms with van der Waals surface area (Å²) in [6.45, 7) is 0. The topological polar surface area (TPSA) is 54.4 Å². The standard InChI is InChI=1S/C8H7O3PS/c9-8(10)7-4-2-1-3-6(7)5-13-12-11/h1-4H,5H2,(H,9,10). The van der Waals surface area contributed by atoms with E-state index in [0.29, 0.717) is 11.3 Å². The Morgan fingerprint density at radius 1 is 1.46 bits per heavy atom. The van der Waals surface area contributed by atoms with Crippen LogP contribution in [0.5, 0.6) is 0 Å². The van der Waals surface area contributed by atoms with Gasteiger partial charge in [0, 0.05) is 5.75 Å². The Labute approximate surface area is 81.1 Å². The highest BCUT2D eigenvalue weighted by atomic mass is 32.7. The Bertz CT molecular complexity index is 327. The summed E-state index contributed by atoms with van der Waals surface area (Å²) >= 11 is 1.15. The molecule has 0 aliphatic carbocycles. The monoisotopic (exact) mass is 214 g/mol. The normalized spacial score (nSPS) is 10.2. The first-order chi connectivity index (χ1) is 6.25. The van der Waals surface area contributed by atoms with Crippen molar-refractivity contribution in [2.45, 2.75) is 5.75 Å². The van der Waals surface area contributed by atoms with Gasteiger partial charge in [-0.05, 0) is 11.6 Å². The van der Waals surface area contributed by atoms with E-state index in [4.69, 9.17) is 5.11 Å². The Balaban J connectivity index is 2.90. The second kappa shape index (κ2) is 5.00. The summed E-state index contributed by atoms with van der Waals surface area (Å²) in [6, 6.07) is 6.71. The maximum Gasteiger partial charge on any atom is 0.335 e. The summed E-state index contributed by atoms with van der Waals surface area (Å²) in [5.74, 6) is -0.494. The largest absolute Gasteiger partial charge is 0.478 e. The first-order valence-corrected chi connectivity index (χ1v) is 5.92. The van der Waals surface area contributed by atoms with Gasteiger partial charge >= 0.3 is 5.97 Å². The Hall–Kier alpha value is -0.860. The van der Waals surface area contributed by atoms with Gasteiger partial charge in [0.2, 0.25) is 7.66 Å². The molecule has 0 aliphatic rings. The fourth-order valence-electron chi connectivity index (χ4n) is 0.951. The summed E-state index contributed by atoms with van der Waals surface area (Å²) in [5, 5.41) is 8.78. The number of carbonyl (C=O) groups is 1. The van der Waals surface area contributed by atoms with Crippen LogP contribution in [0.4, 0.5) is 0 Å². The predicted octanol–water partition coefficient (Wildman–Crippen LogP) is 2.82. The first-order valence-electron chi connectivity index (χ1n) is 3.51. The number of carboxylic acid groups (broad SMARTS) is 1. The zero-order chi connectivity index (χ0) is 9.68. The fraction of sp³-hybridized carbons (Fsp3) is 0.125. The van der Waals surface area contributed by atoms with Crippen molar-refractivity contribution >= 4 is 25.0 Å². The number of hydrogen-bond acceptors (Lipinski definition) is 3. The fourth-order valence-corrected chi connectivity index (χ4v) is 1.97. The minimum Gasteiger partial charge on any atom is -0.478 e. The SMILES string of the molecule is O=PSCc1ccccc1C(=O)O. The van der Waals surface area contributed by atoms with Gasteiger partial charge in [-0.25, -0.2) is 4.79 Å². The van der Waals surface area contributed by atoms with Gasteiger partial charge in [0.15, 0.2) is 0 Å². The van der Waals surface area contributed by atoms with Gasteiger partial charge in [-0.3, -0.25) is 4.57 Å². The number of carboxylic acids is 1. The molecule has 0 aromatic heterocycles. The van der Waals surface area contributed by atoms with Crippen LogP contribution >= 0.6 is 19.0 Å². The zero-order valence-electron chi connectivity index (χ0n) is 6.64. The molecule has 5 heteroatoms. The molecule has 13 heavy (non-hydrogen) atoms. The molecule has 0 amide bonds. The van der Waals surface area contributed by atoms with Crippen LogP contribution in [0.15, 0.2) is 24.3 Å². The lowest BCUT2D eigenvalue weighted by molar-refractivity contribution is 0.0696. The van der Waals surface area contributed by atoms with E-state index in [1.165, 1.54) is 0 Å². The maximum absolute atomic E-state index is 10.7. The molecule has 1 aromatic rings. The molecule has 0 saturated carbocycles. The zero-order valence-corrected chi connectivity index (χ0v) is 8.35. The molecule has 0 bridgehead atoms. The highest BCUT2D eigenvalue weighted by molar-refractivity contribution is 8.45. The minimum absolute atomic E-state index is 0.0312. The van der Waals surface area contributed by atoms with E-state index in [2.05, 4.69) is 0 Å². The molecule has 0 fully saturated rings. The average Bonchev–Trinajstić information content (AvgIpc) is 2.15. The third-order valence-electron chi connectivity index (χ3n) is 1.52. The van der Waals surface area contributed by atoms with Crippen molar-refractivity contribution in [1.82, 2.24) is 0 Å². The Morgan fingerprint density at radius 2 is 2.15 bits per heavy atom. The van der Waals surface area contributed by atoms with Gasteiger partial charge in [0.1, 0.15) is 0 Å². The van der Waals surface area contributed by atoms with E-state index in [1.54, 1.807) is 24.3 Å². The van der Waals surface area contributed by atoms with E-state index in [-0.39, 0.29) is 13.2 Å². The van der Waals surface area contributed by atoms with Gasteiger partial charge in [-0.15, -0.1) is 0 Å². The molecule has 1 rings (SSSR count).